The Kier molecular flexibility index (Phi) is 5.43. The molecule has 0 spiro atoms. The highest BCUT2D eigenvalue weighted by Crippen LogP contribution is 2.31. The summed E-state index contributed by atoms with van der Waals surface area (Å²) >= 11 is 0. The summed E-state index contributed by atoms with van der Waals surface area (Å²) < 4.78 is 70.1. The zero-order chi connectivity index (χ0) is 18.8. The van der Waals surface area contributed by atoms with E-state index in [1.54, 1.807) is 12.2 Å². The van der Waals surface area contributed by atoms with Crippen LogP contribution in [0.3, 0.4) is 0 Å². The lowest BCUT2D eigenvalue weighted by Gasteiger charge is -2.22. The lowest BCUT2D eigenvalue weighted by Crippen LogP contribution is -2.30. The van der Waals surface area contributed by atoms with Crippen molar-refractivity contribution >= 4 is 15.7 Å². The van der Waals surface area contributed by atoms with E-state index >= 15 is 0 Å². The quantitative estimate of drug-likeness (QED) is 0.580. The van der Waals surface area contributed by atoms with E-state index in [0.29, 0.717) is 25.1 Å². The van der Waals surface area contributed by atoms with E-state index < -0.39 is 26.9 Å². The summed E-state index contributed by atoms with van der Waals surface area (Å²) in [6, 6.07) is 1.84. The van der Waals surface area contributed by atoms with E-state index in [1.165, 1.54) is 11.7 Å². The van der Waals surface area contributed by atoms with Crippen molar-refractivity contribution in [2.24, 2.45) is 0 Å². The van der Waals surface area contributed by atoms with E-state index in [4.69, 9.17) is 4.74 Å². The lowest BCUT2D eigenvalue weighted by molar-refractivity contribution is -0.0500. The van der Waals surface area contributed by atoms with Gasteiger partial charge in [-0.3, -0.25) is 4.79 Å². The summed E-state index contributed by atoms with van der Waals surface area (Å²) in [6.45, 7) is 2.47. The topological polar surface area (TPSA) is 74.6 Å². The van der Waals surface area contributed by atoms with Gasteiger partial charge >= 0.3 is 15.6 Å². The van der Waals surface area contributed by atoms with Gasteiger partial charge in [0.1, 0.15) is 0 Å². The molecule has 0 amide bonds. The van der Waals surface area contributed by atoms with Gasteiger partial charge in [-0.1, -0.05) is 17.7 Å². The molecule has 1 aliphatic rings. The van der Waals surface area contributed by atoms with Crippen molar-refractivity contribution in [1.29, 1.82) is 0 Å². The Morgan fingerprint density at radius 1 is 1.32 bits per heavy atom. The summed E-state index contributed by atoms with van der Waals surface area (Å²) in [5.41, 5.74) is -4.42. The maximum Gasteiger partial charge on any atom is 0.534 e. The van der Waals surface area contributed by atoms with Crippen molar-refractivity contribution in [2.75, 3.05) is 13.7 Å². The van der Waals surface area contributed by atoms with Crippen LogP contribution in [0.4, 0.5) is 13.2 Å². The summed E-state index contributed by atoms with van der Waals surface area (Å²) in [7, 11) is -4.35. The molecule has 0 saturated carbocycles. The summed E-state index contributed by atoms with van der Waals surface area (Å²) in [4.78, 5) is 12.1. The summed E-state index contributed by atoms with van der Waals surface area (Å²) in [6.07, 6.45) is 3.94. The molecule has 138 valence electrons. The average Bonchev–Trinajstić information content (AvgIpc) is 2.48. The predicted octanol–water partition coefficient (Wildman–Crippen LogP) is 2.46. The predicted molar refractivity (Wildman–Crippen MR) is 84.5 cm³/mol. The number of halogens is 3. The molecule has 0 atom stereocenters. The zero-order valence-corrected chi connectivity index (χ0v) is 14.3. The number of nitrogens with zero attached hydrogens (tertiary/aromatic N) is 1. The molecule has 0 N–H and O–H groups in total. The normalized spacial score (nSPS) is 15.6. The highest BCUT2D eigenvalue weighted by atomic mass is 32.2. The van der Waals surface area contributed by atoms with Gasteiger partial charge in [0, 0.05) is 25.8 Å². The molecule has 0 unspecified atom stereocenters. The first-order valence-corrected chi connectivity index (χ1v) is 8.59. The molecule has 6 nitrogen and oxygen atoms in total. The van der Waals surface area contributed by atoms with Gasteiger partial charge in [-0.05, 0) is 18.9 Å². The van der Waals surface area contributed by atoms with E-state index in [-0.39, 0.29) is 5.69 Å². The third-order valence-electron chi connectivity index (χ3n) is 3.58. The fraction of sp³-hybridized carbons (Fsp3) is 0.400. The van der Waals surface area contributed by atoms with Gasteiger partial charge in [-0.2, -0.15) is 21.6 Å². The molecule has 1 aliphatic heterocycles. The number of rotatable bonds is 5. The van der Waals surface area contributed by atoms with E-state index in [2.05, 4.69) is 4.18 Å². The van der Waals surface area contributed by atoms with Crippen LogP contribution in [0.1, 0.15) is 19.0 Å². The van der Waals surface area contributed by atoms with Gasteiger partial charge in [0.15, 0.2) is 5.75 Å². The van der Waals surface area contributed by atoms with Gasteiger partial charge in [0.2, 0.25) is 0 Å². The van der Waals surface area contributed by atoms with Crippen molar-refractivity contribution in [3.8, 4) is 5.75 Å². The monoisotopic (exact) mass is 379 g/mol. The molecule has 0 fully saturated rings. The summed E-state index contributed by atoms with van der Waals surface area (Å²) in [5.74, 6) is -0.680. The first kappa shape index (κ1) is 19.3. The number of alkyl halides is 3. The van der Waals surface area contributed by atoms with Gasteiger partial charge in [-0.15, -0.1) is 0 Å². The Labute approximate surface area is 142 Å². The van der Waals surface area contributed by atoms with Crippen molar-refractivity contribution in [3.05, 3.63) is 45.9 Å². The van der Waals surface area contributed by atoms with Crippen LogP contribution in [0.15, 0.2) is 34.7 Å². The Morgan fingerprint density at radius 3 is 2.60 bits per heavy atom. The minimum Gasteiger partial charge on any atom is -0.381 e. The molecular weight excluding hydrogens is 363 g/mol. The highest BCUT2D eigenvalue weighted by Gasteiger charge is 2.48. The second kappa shape index (κ2) is 7.04. The number of hydrogen-bond donors (Lipinski definition) is 0. The van der Waals surface area contributed by atoms with Gasteiger partial charge in [-0.25, -0.2) is 0 Å². The Hall–Kier alpha value is -2.07. The van der Waals surface area contributed by atoms with Crippen LogP contribution in [0.5, 0.6) is 5.75 Å². The van der Waals surface area contributed by atoms with Crippen LogP contribution >= 0.6 is 0 Å². The largest absolute Gasteiger partial charge is 0.534 e. The fourth-order valence-electron chi connectivity index (χ4n) is 2.37. The molecule has 2 rings (SSSR count). The van der Waals surface area contributed by atoms with Crippen LogP contribution in [0.25, 0.3) is 5.57 Å². The minimum absolute atomic E-state index is 0.288. The van der Waals surface area contributed by atoms with Crippen LogP contribution < -0.4 is 9.74 Å². The number of hydrogen-bond acceptors (Lipinski definition) is 5. The van der Waals surface area contributed by atoms with Crippen LogP contribution in [-0.4, -0.2) is 32.2 Å². The van der Waals surface area contributed by atoms with E-state index in [9.17, 15) is 26.4 Å². The second-order valence-electron chi connectivity index (χ2n) is 5.35. The van der Waals surface area contributed by atoms with Crippen molar-refractivity contribution < 1.29 is 30.5 Å². The SMILES string of the molecule is COC/C=C\C1=C(C)CCn2c1cc(OS(=O)(=O)C(F)(F)F)cc2=O. The molecule has 0 aromatic carbocycles. The third kappa shape index (κ3) is 4.13. The second-order valence-corrected chi connectivity index (χ2v) is 6.89. The summed E-state index contributed by atoms with van der Waals surface area (Å²) in [5, 5.41) is 0. The smallest absolute Gasteiger partial charge is 0.381 e. The molecule has 1 aromatic rings. The third-order valence-corrected chi connectivity index (χ3v) is 4.56. The maximum atomic E-state index is 12.5. The van der Waals surface area contributed by atoms with Crippen molar-refractivity contribution in [1.82, 2.24) is 4.57 Å². The van der Waals surface area contributed by atoms with E-state index in [0.717, 1.165) is 17.7 Å². The average molecular weight is 379 g/mol. The molecule has 0 saturated heterocycles. The van der Waals surface area contributed by atoms with E-state index in [1.807, 2.05) is 6.92 Å². The molecule has 25 heavy (non-hydrogen) atoms. The van der Waals surface area contributed by atoms with Crippen molar-refractivity contribution in [3.63, 3.8) is 0 Å². The van der Waals surface area contributed by atoms with Crippen molar-refractivity contribution in [2.45, 2.75) is 25.4 Å². The maximum absolute atomic E-state index is 12.5. The Morgan fingerprint density at radius 2 is 2.00 bits per heavy atom. The molecule has 0 bridgehead atoms. The number of fused-ring (bicyclic) bond motifs is 1. The molecule has 1 aromatic heterocycles. The molecule has 0 radical (unpaired) electrons. The molecule has 0 aliphatic carbocycles. The van der Waals surface area contributed by atoms with Gasteiger partial charge < -0.3 is 13.5 Å². The molecule has 2 heterocycles. The first-order valence-electron chi connectivity index (χ1n) is 7.18. The molecule has 10 heteroatoms. The highest BCUT2D eigenvalue weighted by molar-refractivity contribution is 7.88. The van der Waals surface area contributed by atoms with Crippen LogP contribution in [0.2, 0.25) is 0 Å². The number of methoxy groups -OCH3 is 1. The van der Waals surface area contributed by atoms with Crippen LogP contribution in [-0.2, 0) is 21.4 Å². The number of aromatic nitrogens is 1. The lowest BCUT2D eigenvalue weighted by atomic mass is 9.98. The number of allylic oxidation sites excluding steroid dienone is 3. The van der Waals surface area contributed by atoms with Gasteiger partial charge in [0.25, 0.3) is 5.56 Å². The van der Waals surface area contributed by atoms with Gasteiger partial charge in [0.05, 0.1) is 12.3 Å². The zero-order valence-electron chi connectivity index (χ0n) is 13.5. The molecular formula is C15H16F3NO5S. The number of ether oxygens (including phenoxy) is 1. The number of pyridine rings is 1. The Bertz CT molecular complexity index is 881. The standard InChI is InChI=1S/C15H16F3NO5S/c1-10-5-6-19-13(12(10)4-3-7-23-2)8-11(9-14(19)20)24-25(21,22)15(16,17)18/h3-4,8-9H,5-7H2,1-2H3/b4-3-. The fourth-order valence-corrected chi connectivity index (χ4v) is 2.82. The minimum atomic E-state index is -5.85. The first-order chi connectivity index (χ1) is 11.6. The Balaban J connectivity index is 2.51. The van der Waals surface area contributed by atoms with Crippen LogP contribution in [0, 0.1) is 0 Å².